The van der Waals surface area contributed by atoms with Crippen LogP contribution in [0.3, 0.4) is 0 Å². The quantitative estimate of drug-likeness (QED) is 0.436. The van der Waals surface area contributed by atoms with Gasteiger partial charge in [0.2, 0.25) is 0 Å². The van der Waals surface area contributed by atoms with E-state index in [0.29, 0.717) is 16.9 Å². The number of benzene rings is 2. The van der Waals surface area contributed by atoms with Gasteiger partial charge in [-0.05, 0) is 12.1 Å². The van der Waals surface area contributed by atoms with Gasteiger partial charge in [0.1, 0.15) is 12.4 Å². The fourth-order valence-corrected chi connectivity index (χ4v) is 1.88. The third-order valence-electron chi connectivity index (χ3n) is 2.92. The van der Waals surface area contributed by atoms with Crippen molar-refractivity contribution in [2.75, 3.05) is 0 Å². The molecule has 0 unspecified atom stereocenters. The van der Waals surface area contributed by atoms with Gasteiger partial charge in [-0.25, -0.2) is 5.84 Å². The third-order valence-corrected chi connectivity index (χ3v) is 2.92. The van der Waals surface area contributed by atoms with Crippen molar-refractivity contribution in [2.24, 2.45) is 5.84 Å². The monoisotopic (exact) mass is 272 g/mol. The maximum Gasteiger partial charge on any atom is 0.265 e. The largest absolute Gasteiger partial charge is 0.489 e. The Balaban J connectivity index is 2.17. The molecule has 2 aromatic rings. The van der Waals surface area contributed by atoms with Crippen molar-refractivity contribution < 1.29 is 14.6 Å². The Morgan fingerprint density at radius 1 is 1.10 bits per heavy atom. The number of nitrogens with one attached hydrogen (secondary N) is 1. The van der Waals surface area contributed by atoms with E-state index in [9.17, 15) is 9.90 Å². The van der Waals surface area contributed by atoms with Gasteiger partial charge in [0, 0.05) is 16.7 Å². The van der Waals surface area contributed by atoms with Crippen LogP contribution in [0.4, 0.5) is 0 Å². The van der Waals surface area contributed by atoms with E-state index in [0.717, 1.165) is 5.56 Å². The minimum Gasteiger partial charge on any atom is -0.489 e. The predicted molar refractivity (Wildman–Crippen MR) is 74.8 cm³/mol. The number of rotatable bonds is 5. The molecule has 5 heteroatoms. The maximum atomic E-state index is 11.6. The number of para-hydroxylation sites is 1. The molecule has 0 heterocycles. The summed E-state index contributed by atoms with van der Waals surface area (Å²) in [5.74, 6) is 5.39. The Morgan fingerprint density at radius 2 is 1.75 bits per heavy atom. The summed E-state index contributed by atoms with van der Waals surface area (Å²) in [6.45, 7) is 0.127. The molecule has 20 heavy (non-hydrogen) atoms. The lowest BCUT2D eigenvalue weighted by Crippen LogP contribution is -2.30. The zero-order valence-corrected chi connectivity index (χ0v) is 10.9. The van der Waals surface area contributed by atoms with Crippen molar-refractivity contribution in [3.05, 3.63) is 65.2 Å². The number of nitrogens with two attached hydrogens (primary N) is 1. The van der Waals surface area contributed by atoms with Crippen LogP contribution in [0.15, 0.2) is 48.5 Å². The summed E-state index contributed by atoms with van der Waals surface area (Å²) in [6, 6.07) is 14.3. The highest BCUT2D eigenvalue weighted by molar-refractivity contribution is 5.95. The van der Waals surface area contributed by atoms with Crippen LogP contribution >= 0.6 is 0 Å². The third kappa shape index (κ3) is 3.14. The van der Waals surface area contributed by atoms with E-state index in [-0.39, 0.29) is 19.1 Å². The highest BCUT2D eigenvalue weighted by Crippen LogP contribution is 2.20. The number of aliphatic hydroxyl groups is 1. The Labute approximate surface area is 117 Å². The first-order valence-electron chi connectivity index (χ1n) is 6.16. The summed E-state index contributed by atoms with van der Waals surface area (Å²) in [7, 11) is 0. The van der Waals surface area contributed by atoms with E-state index in [4.69, 9.17) is 10.6 Å². The van der Waals surface area contributed by atoms with Crippen LogP contribution in [0.25, 0.3) is 0 Å². The molecule has 0 aliphatic rings. The predicted octanol–water partition coefficient (Wildman–Crippen LogP) is 1.36. The van der Waals surface area contributed by atoms with Crippen LogP contribution in [0.5, 0.6) is 5.75 Å². The molecule has 4 N–H and O–H groups in total. The van der Waals surface area contributed by atoms with Crippen LogP contribution in [0.2, 0.25) is 0 Å². The summed E-state index contributed by atoms with van der Waals surface area (Å²) < 4.78 is 5.67. The van der Waals surface area contributed by atoms with Crippen LogP contribution in [0.1, 0.15) is 21.5 Å². The smallest absolute Gasteiger partial charge is 0.265 e. The van der Waals surface area contributed by atoms with E-state index in [1.54, 1.807) is 30.3 Å². The zero-order chi connectivity index (χ0) is 14.4. The first kappa shape index (κ1) is 14.0. The molecule has 2 rings (SSSR count). The lowest BCUT2D eigenvalue weighted by atomic mass is 10.1. The van der Waals surface area contributed by atoms with Gasteiger partial charge in [-0.15, -0.1) is 0 Å². The first-order valence-corrected chi connectivity index (χ1v) is 6.16. The summed E-state index contributed by atoms with van der Waals surface area (Å²) in [5, 5.41) is 9.24. The molecule has 0 aliphatic heterocycles. The normalized spacial score (nSPS) is 10.1. The minimum absolute atomic E-state index is 0.0961. The number of amides is 1. The standard InChI is InChI=1S/C15H16N2O3/c16-17-15(19)13-7-3-1-6-12(13)10-20-14-8-4-2-5-11(14)9-18/h1-8,18H,9-10,16H2,(H,17,19). The number of aliphatic hydroxyl groups excluding tert-OH is 1. The molecule has 0 aliphatic carbocycles. The van der Waals surface area contributed by atoms with Gasteiger partial charge in [-0.3, -0.25) is 10.2 Å². The molecular formula is C15H16N2O3. The van der Waals surface area contributed by atoms with Crippen molar-refractivity contribution in [3.63, 3.8) is 0 Å². The fourth-order valence-electron chi connectivity index (χ4n) is 1.88. The Kier molecular flexibility index (Phi) is 4.70. The second-order valence-corrected chi connectivity index (χ2v) is 4.19. The molecule has 0 spiro atoms. The average Bonchev–Trinajstić information content (AvgIpc) is 2.52. The van der Waals surface area contributed by atoms with Gasteiger partial charge in [0.25, 0.3) is 5.91 Å². The van der Waals surface area contributed by atoms with Crippen LogP contribution < -0.4 is 16.0 Å². The molecule has 104 valence electrons. The SMILES string of the molecule is NNC(=O)c1ccccc1COc1ccccc1CO. The number of hydrogen-bond donors (Lipinski definition) is 3. The van der Waals surface area contributed by atoms with Crippen LogP contribution in [-0.2, 0) is 13.2 Å². The summed E-state index contributed by atoms with van der Waals surface area (Å²) in [5.41, 5.74) is 4.00. The fraction of sp³-hybridized carbons (Fsp3) is 0.133. The maximum absolute atomic E-state index is 11.6. The molecule has 0 radical (unpaired) electrons. The second-order valence-electron chi connectivity index (χ2n) is 4.19. The highest BCUT2D eigenvalue weighted by Gasteiger charge is 2.10. The van der Waals surface area contributed by atoms with Gasteiger partial charge in [-0.2, -0.15) is 0 Å². The summed E-state index contributed by atoms with van der Waals surface area (Å²) in [6.07, 6.45) is 0. The lowest BCUT2D eigenvalue weighted by molar-refractivity contribution is 0.0951. The van der Waals surface area contributed by atoms with E-state index < -0.39 is 0 Å². The number of carbonyl (C=O) groups is 1. The topological polar surface area (TPSA) is 84.6 Å². The lowest BCUT2D eigenvalue weighted by Gasteiger charge is -2.12. The molecule has 5 nitrogen and oxygen atoms in total. The first-order chi connectivity index (χ1) is 9.76. The van der Waals surface area contributed by atoms with Crippen molar-refractivity contribution in [1.82, 2.24) is 5.43 Å². The van der Waals surface area contributed by atoms with Crippen molar-refractivity contribution >= 4 is 5.91 Å². The Morgan fingerprint density at radius 3 is 2.45 bits per heavy atom. The average molecular weight is 272 g/mol. The molecule has 0 saturated heterocycles. The molecule has 0 aromatic heterocycles. The summed E-state index contributed by atoms with van der Waals surface area (Å²) in [4.78, 5) is 11.6. The number of hydrazine groups is 1. The van der Waals surface area contributed by atoms with Gasteiger partial charge in [0.15, 0.2) is 0 Å². The molecule has 2 aromatic carbocycles. The van der Waals surface area contributed by atoms with Crippen molar-refractivity contribution in [3.8, 4) is 5.75 Å². The Bertz CT molecular complexity index is 599. The van der Waals surface area contributed by atoms with Crippen molar-refractivity contribution in [2.45, 2.75) is 13.2 Å². The number of nitrogen functional groups attached to an aromatic ring is 1. The van der Waals surface area contributed by atoms with Gasteiger partial charge in [-0.1, -0.05) is 36.4 Å². The van der Waals surface area contributed by atoms with E-state index in [2.05, 4.69) is 5.43 Å². The molecule has 0 fully saturated rings. The minimum atomic E-state index is -0.361. The van der Waals surface area contributed by atoms with Crippen molar-refractivity contribution in [1.29, 1.82) is 0 Å². The molecule has 0 saturated carbocycles. The molecule has 0 atom stereocenters. The number of hydrogen-bond acceptors (Lipinski definition) is 4. The molecule has 0 bridgehead atoms. The van der Waals surface area contributed by atoms with Gasteiger partial charge < -0.3 is 9.84 Å². The van der Waals surface area contributed by atoms with Crippen LogP contribution in [0, 0.1) is 0 Å². The highest BCUT2D eigenvalue weighted by atomic mass is 16.5. The van der Waals surface area contributed by atoms with Gasteiger partial charge >= 0.3 is 0 Å². The zero-order valence-electron chi connectivity index (χ0n) is 10.9. The number of ether oxygens (including phenoxy) is 1. The Hall–Kier alpha value is -2.37. The van der Waals surface area contributed by atoms with E-state index >= 15 is 0 Å². The summed E-state index contributed by atoms with van der Waals surface area (Å²) >= 11 is 0. The van der Waals surface area contributed by atoms with E-state index in [1.165, 1.54) is 0 Å². The van der Waals surface area contributed by atoms with E-state index in [1.807, 2.05) is 18.2 Å². The molecule has 1 amide bonds. The van der Waals surface area contributed by atoms with Crippen LogP contribution in [-0.4, -0.2) is 11.0 Å². The second kappa shape index (κ2) is 6.70. The van der Waals surface area contributed by atoms with Gasteiger partial charge in [0.05, 0.1) is 6.61 Å². The number of carbonyl (C=O) groups excluding carboxylic acids is 1. The molecular weight excluding hydrogens is 256 g/mol.